The van der Waals surface area contributed by atoms with Crippen LogP contribution < -0.4 is 16.8 Å². The third kappa shape index (κ3) is 2.40. The molecule has 0 amide bonds. The molecule has 0 aliphatic carbocycles. The molecule has 2 rings (SSSR count). The highest BCUT2D eigenvalue weighted by molar-refractivity contribution is 7.21. The minimum Gasteiger partial charge on any atom is -0.383 e. The molecule has 6 N–H and O–H groups in total. The lowest BCUT2D eigenvalue weighted by molar-refractivity contribution is 0.805. The number of nitrogens with one attached hydrogen (secondary N) is 2. The Morgan fingerprint density at radius 1 is 1.53 bits per heavy atom. The lowest BCUT2D eigenvalue weighted by Crippen LogP contribution is -2.25. The molecule has 1 aromatic heterocycles. The molecular formula is C12H16N4S. The summed E-state index contributed by atoms with van der Waals surface area (Å²) >= 11 is 1.53. The molecule has 0 aliphatic rings. The van der Waals surface area contributed by atoms with E-state index in [-0.39, 0.29) is 11.9 Å². The van der Waals surface area contributed by atoms with Crippen LogP contribution in [0.2, 0.25) is 0 Å². The Morgan fingerprint density at radius 3 is 2.94 bits per heavy atom. The second-order valence-electron chi connectivity index (χ2n) is 4.03. The molecule has 2 aromatic rings. The van der Waals surface area contributed by atoms with Gasteiger partial charge in [-0.15, -0.1) is 11.3 Å². The van der Waals surface area contributed by atoms with Gasteiger partial charge in [0.15, 0.2) is 0 Å². The van der Waals surface area contributed by atoms with Crippen molar-refractivity contribution in [3.05, 3.63) is 29.1 Å². The first kappa shape index (κ1) is 11.9. The Balaban J connectivity index is 2.45. The summed E-state index contributed by atoms with van der Waals surface area (Å²) in [6, 6.07) is 8.21. The molecule has 0 bridgehead atoms. The third-order valence-electron chi connectivity index (χ3n) is 2.57. The van der Waals surface area contributed by atoms with Crippen molar-refractivity contribution in [2.24, 2.45) is 11.5 Å². The van der Waals surface area contributed by atoms with E-state index >= 15 is 0 Å². The number of nitrogen functional groups attached to an aromatic ring is 1. The molecule has 1 heterocycles. The zero-order chi connectivity index (χ0) is 12.4. The number of anilines is 1. The van der Waals surface area contributed by atoms with Crippen LogP contribution in [-0.2, 0) is 0 Å². The van der Waals surface area contributed by atoms with Crippen molar-refractivity contribution < 1.29 is 0 Å². The average Bonchev–Trinajstić information content (AvgIpc) is 2.74. The Bertz CT molecular complexity index is 546. The smallest absolute Gasteiger partial charge is 0.133 e. The largest absolute Gasteiger partial charge is 0.383 e. The highest BCUT2D eigenvalue weighted by atomic mass is 32.1. The molecule has 0 fully saturated rings. The van der Waals surface area contributed by atoms with Gasteiger partial charge in [-0.05, 0) is 24.4 Å². The number of benzene rings is 1. The van der Waals surface area contributed by atoms with E-state index in [1.165, 1.54) is 11.3 Å². The van der Waals surface area contributed by atoms with Crippen LogP contribution in [0.1, 0.15) is 11.8 Å². The van der Waals surface area contributed by atoms with Crippen molar-refractivity contribution in [1.82, 2.24) is 0 Å². The first-order valence-electron chi connectivity index (χ1n) is 5.45. The van der Waals surface area contributed by atoms with Crippen molar-refractivity contribution in [3.8, 4) is 0 Å². The molecule has 0 radical (unpaired) electrons. The number of amidine groups is 1. The fraction of sp³-hybridized carbons (Fsp3) is 0.250. The van der Waals surface area contributed by atoms with Crippen LogP contribution in [-0.4, -0.2) is 18.4 Å². The van der Waals surface area contributed by atoms with Crippen LogP contribution in [0.15, 0.2) is 24.3 Å². The van der Waals surface area contributed by atoms with Gasteiger partial charge in [-0.3, -0.25) is 5.41 Å². The SMILES string of the molecule is C[C@@H](CN)Nc1cccc2cc(C(=N)N)sc12. The third-order valence-corrected chi connectivity index (χ3v) is 3.78. The zero-order valence-electron chi connectivity index (χ0n) is 9.66. The van der Waals surface area contributed by atoms with Gasteiger partial charge in [0, 0.05) is 12.6 Å². The normalized spacial score (nSPS) is 12.6. The van der Waals surface area contributed by atoms with Crippen molar-refractivity contribution in [2.75, 3.05) is 11.9 Å². The second-order valence-corrected chi connectivity index (χ2v) is 5.08. The summed E-state index contributed by atoms with van der Waals surface area (Å²) in [5.74, 6) is 0.115. The Morgan fingerprint density at radius 2 is 2.29 bits per heavy atom. The number of fused-ring (bicyclic) bond motifs is 1. The van der Waals surface area contributed by atoms with Crippen molar-refractivity contribution in [1.29, 1.82) is 5.41 Å². The minimum atomic E-state index is 0.115. The predicted molar refractivity (Wildman–Crippen MR) is 75.0 cm³/mol. The topological polar surface area (TPSA) is 87.9 Å². The summed E-state index contributed by atoms with van der Waals surface area (Å²) < 4.78 is 1.12. The van der Waals surface area contributed by atoms with E-state index in [4.69, 9.17) is 16.9 Å². The maximum atomic E-state index is 7.46. The fourth-order valence-corrected chi connectivity index (χ4v) is 2.63. The van der Waals surface area contributed by atoms with Gasteiger partial charge in [-0.2, -0.15) is 0 Å². The van der Waals surface area contributed by atoms with E-state index in [1.807, 2.05) is 31.2 Å². The maximum Gasteiger partial charge on any atom is 0.133 e. The number of nitrogens with two attached hydrogens (primary N) is 2. The summed E-state index contributed by atoms with van der Waals surface area (Å²) in [7, 11) is 0. The van der Waals surface area contributed by atoms with Crippen LogP contribution >= 0.6 is 11.3 Å². The number of rotatable bonds is 4. The number of hydrogen-bond acceptors (Lipinski definition) is 4. The van der Waals surface area contributed by atoms with Crippen LogP contribution in [0.3, 0.4) is 0 Å². The molecule has 90 valence electrons. The van der Waals surface area contributed by atoms with Gasteiger partial charge < -0.3 is 16.8 Å². The van der Waals surface area contributed by atoms with Gasteiger partial charge in [0.05, 0.1) is 15.3 Å². The quantitative estimate of drug-likeness (QED) is 0.492. The second kappa shape index (κ2) is 4.73. The summed E-state index contributed by atoms with van der Waals surface area (Å²) in [5.41, 5.74) is 12.2. The van der Waals surface area contributed by atoms with Crippen LogP contribution in [0.5, 0.6) is 0 Å². The first-order valence-corrected chi connectivity index (χ1v) is 6.27. The zero-order valence-corrected chi connectivity index (χ0v) is 10.5. The van der Waals surface area contributed by atoms with Gasteiger partial charge in [0.25, 0.3) is 0 Å². The van der Waals surface area contributed by atoms with Gasteiger partial charge in [-0.25, -0.2) is 0 Å². The molecular weight excluding hydrogens is 232 g/mol. The van der Waals surface area contributed by atoms with Crippen molar-refractivity contribution >= 4 is 32.9 Å². The molecule has 0 saturated carbocycles. The van der Waals surface area contributed by atoms with Crippen LogP contribution in [0.4, 0.5) is 5.69 Å². The highest BCUT2D eigenvalue weighted by Gasteiger charge is 2.09. The van der Waals surface area contributed by atoms with Crippen LogP contribution in [0, 0.1) is 5.41 Å². The van der Waals surface area contributed by atoms with E-state index in [9.17, 15) is 0 Å². The summed E-state index contributed by atoms with van der Waals surface area (Å²) in [5, 5.41) is 11.9. The van der Waals surface area contributed by atoms with Crippen molar-refractivity contribution in [3.63, 3.8) is 0 Å². The molecule has 0 aliphatic heterocycles. The Hall–Kier alpha value is -1.59. The summed E-state index contributed by atoms with van der Waals surface area (Å²) in [6.07, 6.45) is 0. The summed E-state index contributed by atoms with van der Waals surface area (Å²) in [6.45, 7) is 2.62. The lowest BCUT2D eigenvalue weighted by Gasteiger charge is -2.13. The standard InChI is InChI=1S/C12H16N4S/c1-7(6-13)16-9-4-2-3-8-5-10(12(14)15)17-11(8)9/h2-5,7,16H,6,13H2,1H3,(H3,14,15)/t7-/m0/s1. The molecule has 1 atom stereocenters. The van der Waals surface area contributed by atoms with Gasteiger partial charge in [-0.1, -0.05) is 12.1 Å². The van der Waals surface area contributed by atoms with Gasteiger partial charge in [0.1, 0.15) is 5.84 Å². The monoisotopic (exact) mass is 248 g/mol. The minimum absolute atomic E-state index is 0.115. The number of thiophene rings is 1. The molecule has 4 nitrogen and oxygen atoms in total. The first-order chi connectivity index (χ1) is 8.11. The number of hydrogen-bond donors (Lipinski definition) is 4. The molecule has 5 heteroatoms. The molecule has 1 aromatic carbocycles. The highest BCUT2D eigenvalue weighted by Crippen LogP contribution is 2.32. The van der Waals surface area contributed by atoms with Gasteiger partial charge >= 0.3 is 0 Å². The Kier molecular flexibility index (Phi) is 3.31. The lowest BCUT2D eigenvalue weighted by atomic mass is 10.2. The van der Waals surface area contributed by atoms with E-state index in [1.54, 1.807) is 0 Å². The molecule has 17 heavy (non-hydrogen) atoms. The van der Waals surface area contributed by atoms with E-state index in [2.05, 4.69) is 5.32 Å². The molecule has 0 saturated heterocycles. The van der Waals surface area contributed by atoms with E-state index in [0.29, 0.717) is 6.54 Å². The Labute approximate surface area is 104 Å². The van der Waals surface area contributed by atoms with E-state index < -0.39 is 0 Å². The predicted octanol–water partition coefficient (Wildman–Crippen LogP) is 1.94. The molecule has 0 spiro atoms. The fourth-order valence-electron chi connectivity index (χ4n) is 1.63. The van der Waals surface area contributed by atoms with Crippen LogP contribution in [0.25, 0.3) is 10.1 Å². The van der Waals surface area contributed by atoms with E-state index in [0.717, 1.165) is 20.7 Å². The average molecular weight is 248 g/mol. The molecule has 0 unspecified atom stereocenters. The van der Waals surface area contributed by atoms with Crippen molar-refractivity contribution in [2.45, 2.75) is 13.0 Å². The maximum absolute atomic E-state index is 7.46. The van der Waals surface area contributed by atoms with Gasteiger partial charge in [0.2, 0.25) is 0 Å². The summed E-state index contributed by atoms with van der Waals surface area (Å²) in [4.78, 5) is 0.801.